The molecule has 0 radical (unpaired) electrons. The van der Waals surface area contributed by atoms with Crippen LogP contribution in [0, 0.1) is 11.7 Å². The van der Waals surface area contributed by atoms with Gasteiger partial charge in [-0.2, -0.15) is 12.6 Å². The van der Waals surface area contributed by atoms with E-state index >= 15 is 0 Å². The lowest BCUT2D eigenvalue weighted by Gasteiger charge is -2.43. The maximum atomic E-state index is 13.6. The summed E-state index contributed by atoms with van der Waals surface area (Å²) in [5.74, 6) is -0.484. The van der Waals surface area contributed by atoms with Crippen LogP contribution in [0.5, 0.6) is 11.5 Å². The first-order valence-electron chi connectivity index (χ1n) is 13.5. The van der Waals surface area contributed by atoms with Gasteiger partial charge in [0.05, 0.1) is 6.20 Å². The van der Waals surface area contributed by atoms with Gasteiger partial charge in [-0.1, -0.05) is 18.5 Å². The number of piperidine rings is 1. The highest BCUT2D eigenvalue weighted by Crippen LogP contribution is 2.42. The van der Waals surface area contributed by atoms with Gasteiger partial charge in [0, 0.05) is 28.8 Å². The predicted molar refractivity (Wildman–Crippen MR) is 156 cm³/mol. The SMILES string of the molecule is CC(CC[C@@]1(S)CC[C@H](c2nnc(-c3ccc(O)cc3)o2)N(C(=O)OC(C)(C)C)C1)C(=O)COc1cnc(Cl)c(F)c1. The third-order valence-corrected chi connectivity index (χ3v) is 7.80. The summed E-state index contributed by atoms with van der Waals surface area (Å²) in [7, 11) is 0. The van der Waals surface area contributed by atoms with Crippen LogP contribution in [0.3, 0.4) is 0 Å². The van der Waals surface area contributed by atoms with Gasteiger partial charge in [-0.15, -0.1) is 10.2 Å². The minimum absolute atomic E-state index is 0.115. The molecule has 3 heterocycles. The van der Waals surface area contributed by atoms with Gasteiger partial charge in [0.2, 0.25) is 11.8 Å². The van der Waals surface area contributed by atoms with Crippen molar-refractivity contribution in [2.45, 2.75) is 69.8 Å². The van der Waals surface area contributed by atoms with Gasteiger partial charge in [0.15, 0.2) is 16.8 Å². The van der Waals surface area contributed by atoms with E-state index in [0.29, 0.717) is 31.2 Å². The van der Waals surface area contributed by atoms with Crippen molar-refractivity contribution in [2.75, 3.05) is 13.2 Å². The van der Waals surface area contributed by atoms with Crippen LogP contribution >= 0.6 is 24.2 Å². The lowest BCUT2D eigenvalue weighted by molar-refractivity contribution is -0.124. The molecular weight excluding hydrogens is 587 g/mol. The second kappa shape index (κ2) is 12.9. The molecule has 0 spiro atoms. The molecule has 10 nitrogen and oxygen atoms in total. The Morgan fingerprint density at radius 2 is 2.00 bits per heavy atom. The van der Waals surface area contributed by atoms with Crippen LogP contribution in [0.4, 0.5) is 9.18 Å². The fourth-order valence-electron chi connectivity index (χ4n) is 4.56. The third-order valence-electron chi connectivity index (χ3n) is 6.94. The zero-order valence-corrected chi connectivity index (χ0v) is 25.5. The molecule has 1 aromatic carbocycles. The Labute approximate surface area is 254 Å². The topological polar surface area (TPSA) is 128 Å². The van der Waals surface area contributed by atoms with E-state index < -0.39 is 28.3 Å². The average Bonchev–Trinajstić information content (AvgIpc) is 3.41. The Bertz CT molecular complexity index is 1420. The fraction of sp³-hybridized carbons (Fsp3) is 0.483. The number of thiol groups is 1. The summed E-state index contributed by atoms with van der Waals surface area (Å²) in [6.45, 7) is 7.16. The number of hydrogen-bond donors (Lipinski definition) is 2. The molecule has 1 aliphatic rings. The average molecular weight is 621 g/mol. The summed E-state index contributed by atoms with van der Waals surface area (Å²) < 4.78 is 30.1. The van der Waals surface area contributed by atoms with E-state index in [9.17, 15) is 19.1 Å². The minimum atomic E-state index is -0.728. The molecule has 1 saturated heterocycles. The number of rotatable bonds is 9. The quantitative estimate of drug-likeness (QED) is 0.205. The fourth-order valence-corrected chi connectivity index (χ4v) is 5.07. The van der Waals surface area contributed by atoms with E-state index in [-0.39, 0.29) is 53.3 Å². The molecule has 3 atom stereocenters. The number of likely N-dealkylation sites (tertiary alicyclic amines) is 1. The number of benzene rings is 1. The van der Waals surface area contributed by atoms with Gasteiger partial charge >= 0.3 is 6.09 Å². The number of phenols is 1. The first-order valence-corrected chi connectivity index (χ1v) is 14.4. The molecule has 4 rings (SSSR count). The van der Waals surface area contributed by atoms with Crippen LogP contribution in [0.25, 0.3) is 11.5 Å². The van der Waals surface area contributed by atoms with Gasteiger partial charge in [-0.3, -0.25) is 9.69 Å². The molecule has 1 fully saturated rings. The predicted octanol–water partition coefficient (Wildman–Crippen LogP) is 6.43. The normalized spacial score (nSPS) is 19.8. The molecule has 42 heavy (non-hydrogen) atoms. The minimum Gasteiger partial charge on any atom is -0.508 e. The molecule has 3 aromatic rings. The summed E-state index contributed by atoms with van der Waals surface area (Å²) in [6, 6.07) is 6.92. The van der Waals surface area contributed by atoms with Crippen molar-refractivity contribution in [3.8, 4) is 23.0 Å². The van der Waals surface area contributed by atoms with Crippen molar-refractivity contribution in [1.82, 2.24) is 20.1 Å². The lowest BCUT2D eigenvalue weighted by atomic mass is 9.85. The van der Waals surface area contributed by atoms with Crippen LogP contribution in [-0.4, -0.2) is 60.6 Å². The summed E-state index contributed by atoms with van der Waals surface area (Å²) in [4.78, 5) is 31.3. The molecule has 0 bridgehead atoms. The highest BCUT2D eigenvalue weighted by molar-refractivity contribution is 7.81. The summed E-state index contributed by atoms with van der Waals surface area (Å²) >= 11 is 10.6. The van der Waals surface area contributed by atoms with Crippen molar-refractivity contribution < 1.29 is 33.0 Å². The van der Waals surface area contributed by atoms with Crippen molar-refractivity contribution in [3.63, 3.8) is 0 Å². The number of Topliss-reactive ketones (excluding diaryl/α,β-unsaturated/α-hetero) is 1. The molecular formula is C29H34ClFN4O6S. The van der Waals surface area contributed by atoms with E-state index in [1.165, 1.54) is 18.3 Å². The number of nitrogens with zero attached hydrogens (tertiary/aromatic N) is 4. The zero-order chi connectivity index (χ0) is 30.7. The molecule has 0 saturated carbocycles. The Morgan fingerprint density at radius 1 is 1.29 bits per heavy atom. The Morgan fingerprint density at radius 3 is 2.67 bits per heavy atom. The number of hydrogen-bond acceptors (Lipinski definition) is 10. The molecule has 226 valence electrons. The number of aromatic nitrogens is 3. The van der Waals surface area contributed by atoms with Crippen molar-refractivity contribution in [2.24, 2.45) is 5.92 Å². The van der Waals surface area contributed by atoms with Gasteiger partial charge < -0.3 is 19.0 Å². The van der Waals surface area contributed by atoms with Crippen LogP contribution in [-0.2, 0) is 9.53 Å². The molecule has 1 unspecified atom stereocenters. The largest absolute Gasteiger partial charge is 0.508 e. The van der Waals surface area contributed by atoms with Gasteiger partial charge in [0.1, 0.15) is 29.7 Å². The molecule has 1 aliphatic heterocycles. The maximum Gasteiger partial charge on any atom is 0.411 e. The van der Waals surface area contributed by atoms with E-state index in [0.717, 1.165) is 6.07 Å². The lowest BCUT2D eigenvalue weighted by Crippen LogP contribution is -2.50. The van der Waals surface area contributed by atoms with Gasteiger partial charge in [-0.25, -0.2) is 14.2 Å². The number of ketones is 1. The number of aromatic hydroxyl groups is 1. The zero-order valence-electron chi connectivity index (χ0n) is 23.8. The van der Waals surface area contributed by atoms with Crippen molar-refractivity contribution >= 4 is 36.1 Å². The number of carbonyl (C=O) groups is 2. The molecule has 13 heteroatoms. The van der Waals surface area contributed by atoms with Gasteiger partial charge in [-0.05, 0) is 70.7 Å². The van der Waals surface area contributed by atoms with Crippen LogP contribution in [0.2, 0.25) is 5.15 Å². The second-order valence-corrected chi connectivity index (χ2v) is 12.8. The Hall–Kier alpha value is -3.38. The first-order chi connectivity index (χ1) is 19.7. The highest BCUT2D eigenvalue weighted by atomic mass is 35.5. The number of carbonyl (C=O) groups excluding carboxylic acids is 2. The van der Waals surface area contributed by atoms with E-state index in [4.69, 9.17) is 38.1 Å². The second-order valence-electron chi connectivity index (χ2n) is 11.5. The molecule has 1 N–H and O–H groups in total. The molecule has 0 aliphatic carbocycles. The summed E-state index contributed by atoms with van der Waals surface area (Å²) in [6.07, 6.45) is 2.86. The monoisotopic (exact) mass is 620 g/mol. The Balaban J connectivity index is 1.42. The standard InChI is InChI=1S/C29H34ClFN4O6S/c1-17(23(37)15-39-20-13-21(31)24(30)32-14-20)9-11-29(42)12-10-22(35(16-29)27(38)41-28(2,3)4)26-34-33-25(40-26)18-5-7-19(36)8-6-18/h5-8,13-14,17,22,36,42H,9-12,15-16H2,1-4H3/t17?,22-,29-/m1/s1. The number of pyridine rings is 1. The van der Waals surface area contributed by atoms with Crippen molar-refractivity contribution in [1.29, 1.82) is 0 Å². The number of phenolic OH excluding ortho intramolecular Hbond substituents is 1. The molecule has 2 aromatic heterocycles. The highest BCUT2D eigenvalue weighted by Gasteiger charge is 2.43. The van der Waals surface area contributed by atoms with Gasteiger partial charge in [0.25, 0.3) is 0 Å². The van der Waals surface area contributed by atoms with Crippen molar-refractivity contribution in [3.05, 3.63) is 53.4 Å². The third kappa shape index (κ3) is 8.13. The van der Waals surface area contributed by atoms with Crippen LogP contribution in [0.1, 0.15) is 65.3 Å². The summed E-state index contributed by atoms with van der Waals surface area (Å²) in [5, 5.41) is 17.7. The summed E-state index contributed by atoms with van der Waals surface area (Å²) in [5.41, 5.74) is -0.0942. The number of amides is 1. The van der Waals surface area contributed by atoms with E-state index in [2.05, 4.69) is 15.2 Å². The van der Waals surface area contributed by atoms with E-state index in [1.54, 1.807) is 44.7 Å². The van der Waals surface area contributed by atoms with Crippen LogP contribution in [0.15, 0.2) is 40.9 Å². The smallest absolute Gasteiger partial charge is 0.411 e. The number of ether oxygens (including phenoxy) is 2. The first kappa shape index (κ1) is 31.6. The molecule has 1 amide bonds. The maximum absolute atomic E-state index is 13.6. The van der Waals surface area contributed by atoms with Crippen LogP contribution < -0.4 is 4.74 Å². The Kier molecular flexibility index (Phi) is 9.67. The number of halogens is 2. The van der Waals surface area contributed by atoms with E-state index in [1.807, 2.05) is 0 Å².